The second kappa shape index (κ2) is 8.33. The Balaban J connectivity index is 1.86. The first-order chi connectivity index (χ1) is 12.6. The Morgan fingerprint density at radius 1 is 1.38 bits per heavy atom. The van der Waals surface area contributed by atoms with Crippen LogP contribution in [0.1, 0.15) is 11.3 Å². The summed E-state index contributed by atoms with van der Waals surface area (Å²) in [5, 5.41) is 3.21. The molecule has 1 fully saturated rings. The molecule has 3 rings (SSSR count). The van der Waals surface area contributed by atoms with E-state index < -0.39 is 0 Å². The summed E-state index contributed by atoms with van der Waals surface area (Å²) < 4.78 is 11.6. The van der Waals surface area contributed by atoms with Gasteiger partial charge in [-0.2, -0.15) is 0 Å². The molecular weight excluding hydrogens is 396 g/mol. The Kier molecular flexibility index (Phi) is 5.90. The zero-order valence-corrected chi connectivity index (χ0v) is 16.3. The lowest BCUT2D eigenvalue weighted by atomic mass is 10.2. The summed E-state index contributed by atoms with van der Waals surface area (Å²) in [7, 11) is 1.65. The van der Waals surface area contributed by atoms with Gasteiger partial charge in [-0.05, 0) is 28.1 Å². The molecule has 0 aliphatic carbocycles. The summed E-state index contributed by atoms with van der Waals surface area (Å²) in [5.41, 5.74) is 3.41. The van der Waals surface area contributed by atoms with Crippen molar-refractivity contribution in [2.45, 2.75) is 0 Å². The maximum absolute atomic E-state index is 5.55. The molecular formula is C19H21BrN4O2. The molecule has 2 heterocycles. The Bertz CT molecular complexity index is 819. The molecule has 1 aliphatic rings. The van der Waals surface area contributed by atoms with Gasteiger partial charge >= 0.3 is 0 Å². The molecule has 0 spiro atoms. The van der Waals surface area contributed by atoms with Gasteiger partial charge in [-0.25, -0.2) is 9.97 Å². The van der Waals surface area contributed by atoms with Gasteiger partial charge in [0.1, 0.15) is 5.75 Å². The van der Waals surface area contributed by atoms with Crippen molar-refractivity contribution in [2.75, 3.05) is 43.6 Å². The second-order valence-corrected chi connectivity index (χ2v) is 6.67. The van der Waals surface area contributed by atoms with Crippen LogP contribution in [0.25, 0.3) is 10.6 Å². The highest BCUT2D eigenvalue weighted by Gasteiger charge is 2.14. The summed E-state index contributed by atoms with van der Waals surface area (Å²) in [5.74, 6) is 1.19. The van der Waals surface area contributed by atoms with Crippen molar-refractivity contribution in [2.24, 2.45) is 0 Å². The first-order valence-electron chi connectivity index (χ1n) is 8.24. The highest BCUT2D eigenvalue weighted by molar-refractivity contribution is 9.15. The molecule has 136 valence electrons. The fraction of sp³-hybridized carbons (Fsp3) is 0.263. The van der Waals surface area contributed by atoms with Crippen LogP contribution in [-0.2, 0) is 4.74 Å². The quantitative estimate of drug-likeness (QED) is 0.765. The van der Waals surface area contributed by atoms with E-state index in [1.54, 1.807) is 19.4 Å². The van der Waals surface area contributed by atoms with Crippen LogP contribution in [0.15, 0.2) is 37.6 Å². The summed E-state index contributed by atoms with van der Waals surface area (Å²) in [6.45, 7) is 10.9. The Morgan fingerprint density at radius 3 is 2.81 bits per heavy atom. The molecule has 1 aromatic heterocycles. The maximum Gasteiger partial charge on any atom is 0.227 e. The number of methoxy groups -OCH3 is 1. The number of nitrogens with one attached hydrogen (secondary N) is 1. The third-order valence-electron chi connectivity index (χ3n) is 4.10. The van der Waals surface area contributed by atoms with Crippen molar-refractivity contribution < 1.29 is 9.47 Å². The van der Waals surface area contributed by atoms with Crippen LogP contribution in [0.3, 0.4) is 0 Å². The van der Waals surface area contributed by atoms with Gasteiger partial charge in [-0.1, -0.05) is 19.2 Å². The minimum atomic E-state index is 0.462. The fourth-order valence-electron chi connectivity index (χ4n) is 2.74. The van der Waals surface area contributed by atoms with Gasteiger partial charge in [0.25, 0.3) is 0 Å². The largest absolute Gasteiger partial charge is 0.494 e. The molecule has 26 heavy (non-hydrogen) atoms. The molecule has 6 nitrogen and oxygen atoms in total. The van der Waals surface area contributed by atoms with Crippen molar-refractivity contribution >= 4 is 43.8 Å². The van der Waals surface area contributed by atoms with E-state index >= 15 is 0 Å². The highest BCUT2D eigenvalue weighted by Crippen LogP contribution is 2.32. The summed E-state index contributed by atoms with van der Waals surface area (Å²) in [6.07, 6.45) is 3.40. The summed E-state index contributed by atoms with van der Waals surface area (Å²) in [4.78, 5) is 11.1. The average Bonchev–Trinajstić information content (AvgIpc) is 2.68. The number of benzene rings is 1. The van der Waals surface area contributed by atoms with E-state index in [0.717, 1.165) is 49.0 Å². The van der Waals surface area contributed by atoms with E-state index in [-0.39, 0.29) is 0 Å². The molecule has 1 saturated heterocycles. The van der Waals surface area contributed by atoms with Crippen LogP contribution in [-0.4, -0.2) is 43.4 Å². The number of hydrogen-bond donors (Lipinski definition) is 1. The van der Waals surface area contributed by atoms with Crippen LogP contribution in [0, 0.1) is 0 Å². The van der Waals surface area contributed by atoms with Crippen LogP contribution in [0.2, 0.25) is 0 Å². The van der Waals surface area contributed by atoms with E-state index in [4.69, 9.17) is 9.47 Å². The predicted molar refractivity (Wildman–Crippen MR) is 109 cm³/mol. The minimum Gasteiger partial charge on any atom is -0.494 e. The lowest BCUT2D eigenvalue weighted by Gasteiger charge is -2.29. The van der Waals surface area contributed by atoms with Gasteiger partial charge in [0.2, 0.25) is 5.95 Å². The number of rotatable bonds is 6. The Labute approximate surface area is 161 Å². The van der Waals surface area contributed by atoms with Crippen molar-refractivity contribution in [3.63, 3.8) is 0 Å². The van der Waals surface area contributed by atoms with E-state index in [1.807, 2.05) is 12.1 Å². The molecule has 0 saturated carbocycles. The zero-order valence-electron chi connectivity index (χ0n) is 14.7. The van der Waals surface area contributed by atoms with Crippen molar-refractivity contribution in [3.05, 3.63) is 48.8 Å². The molecule has 0 bridgehead atoms. The highest BCUT2D eigenvalue weighted by atomic mass is 79.9. The minimum absolute atomic E-state index is 0.462. The number of ether oxygens (including phenoxy) is 2. The third kappa shape index (κ3) is 4.05. The molecule has 1 aromatic carbocycles. The molecule has 7 heteroatoms. The lowest BCUT2D eigenvalue weighted by molar-refractivity contribution is 0.122. The average molecular weight is 417 g/mol. The second-order valence-electron chi connectivity index (χ2n) is 5.72. The fourth-order valence-corrected chi connectivity index (χ4v) is 3.06. The van der Waals surface area contributed by atoms with Crippen LogP contribution < -0.4 is 15.0 Å². The van der Waals surface area contributed by atoms with Gasteiger partial charge in [0, 0.05) is 41.1 Å². The van der Waals surface area contributed by atoms with Gasteiger partial charge < -0.3 is 19.7 Å². The van der Waals surface area contributed by atoms with Crippen molar-refractivity contribution in [1.82, 2.24) is 9.97 Å². The first kappa shape index (κ1) is 18.4. The van der Waals surface area contributed by atoms with E-state index in [1.165, 1.54) is 0 Å². The van der Waals surface area contributed by atoms with Crippen LogP contribution in [0.4, 0.5) is 17.3 Å². The molecule has 2 aromatic rings. The number of nitrogens with zero attached hydrogens (tertiary/aromatic N) is 3. The number of halogens is 1. The normalized spacial score (nSPS) is 14.0. The standard InChI is InChI=1S/C19H21BrN4O2/c1-4-14-12-21-19(23-18(14)13(2)20)22-16-6-5-15(11-17(16)25-3)24-7-9-26-10-8-24/h4-6,11-12H,1-2,7-10H2,3H3,(H,21,22,23). The van der Waals surface area contributed by atoms with E-state index in [0.29, 0.717) is 16.1 Å². The molecule has 0 amide bonds. The lowest BCUT2D eigenvalue weighted by Crippen LogP contribution is -2.36. The van der Waals surface area contributed by atoms with Gasteiger partial charge in [0.05, 0.1) is 31.7 Å². The number of hydrogen-bond acceptors (Lipinski definition) is 6. The van der Waals surface area contributed by atoms with Crippen LogP contribution >= 0.6 is 15.9 Å². The van der Waals surface area contributed by atoms with Crippen LogP contribution in [0.5, 0.6) is 5.75 Å². The molecule has 1 N–H and O–H groups in total. The predicted octanol–water partition coefficient (Wildman–Crippen LogP) is 4.07. The van der Waals surface area contributed by atoms with Gasteiger partial charge in [0.15, 0.2) is 0 Å². The monoisotopic (exact) mass is 416 g/mol. The summed E-state index contributed by atoms with van der Waals surface area (Å²) >= 11 is 3.37. The topological polar surface area (TPSA) is 59.5 Å². The van der Waals surface area contributed by atoms with Crippen molar-refractivity contribution in [3.8, 4) is 5.75 Å². The van der Waals surface area contributed by atoms with Crippen molar-refractivity contribution in [1.29, 1.82) is 0 Å². The Hall–Kier alpha value is -2.38. The summed E-state index contributed by atoms with van der Waals surface area (Å²) in [6, 6.07) is 6.03. The molecule has 0 radical (unpaired) electrons. The van der Waals surface area contributed by atoms with Gasteiger partial charge in [-0.15, -0.1) is 0 Å². The maximum atomic E-state index is 5.55. The third-order valence-corrected chi connectivity index (χ3v) is 4.48. The molecule has 0 unspecified atom stereocenters. The molecule has 1 aliphatic heterocycles. The molecule has 0 atom stereocenters. The Morgan fingerprint density at radius 2 is 2.15 bits per heavy atom. The van der Waals surface area contributed by atoms with Gasteiger partial charge in [-0.3, -0.25) is 0 Å². The van der Waals surface area contributed by atoms with E-state index in [9.17, 15) is 0 Å². The number of anilines is 3. The number of morpholine rings is 1. The first-order valence-corrected chi connectivity index (χ1v) is 9.03. The smallest absolute Gasteiger partial charge is 0.227 e. The SMILES string of the molecule is C=Cc1cnc(Nc2ccc(N3CCOCC3)cc2OC)nc1C(=C)Br. The zero-order chi connectivity index (χ0) is 18.5. The van der Waals surface area contributed by atoms with E-state index in [2.05, 4.69) is 55.3 Å². The number of aromatic nitrogens is 2.